The molecule has 4 rings (SSSR count). The summed E-state index contributed by atoms with van der Waals surface area (Å²) in [7, 11) is 0. The third kappa shape index (κ3) is 3.90. The Kier molecular flexibility index (Phi) is 4.99. The van der Waals surface area contributed by atoms with Crippen molar-refractivity contribution >= 4 is 27.5 Å². The molecule has 0 aliphatic carbocycles. The Morgan fingerprint density at radius 1 is 1.00 bits per heavy atom. The summed E-state index contributed by atoms with van der Waals surface area (Å²) in [6, 6.07) is 18.3. The van der Waals surface area contributed by atoms with E-state index >= 15 is 0 Å². The van der Waals surface area contributed by atoms with Gasteiger partial charge in [0.25, 0.3) is 5.91 Å². The predicted octanol–water partition coefficient (Wildman–Crippen LogP) is 4.11. The van der Waals surface area contributed by atoms with Crippen LogP contribution in [0.3, 0.4) is 0 Å². The van der Waals surface area contributed by atoms with Gasteiger partial charge >= 0.3 is 0 Å². The van der Waals surface area contributed by atoms with Gasteiger partial charge in [-0.05, 0) is 37.3 Å². The summed E-state index contributed by atoms with van der Waals surface area (Å²) in [5, 5.41) is 7.20. The molecule has 1 fully saturated rings. The quantitative estimate of drug-likeness (QED) is 0.687. The first-order chi connectivity index (χ1) is 13.1. The number of benzene rings is 2. The van der Waals surface area contributed by atoms with Crippen molar-refractivity contribution < 1.29 is 4.79 Å². The number of nitrogens with one attached hydrogen (secondary N) is 1. The summed E-state index contributed by atoms with van der Waals surface area (Å²) in [4.78, 5) is 17.0. The van der Waals surface area contributed by atoms with Crippen molar-refractivity contribution in [2.75, 3.05) is 31.1 Å². The molecule has 1 amide bonds. The molecule has 0 saturated carbocycles. The molecule has 6 heteroatoms. The highest BCUT2D eigenvalue weighted by Crippen LogP contribution is 2.22. The molecule has 0 bridgehead atoms. The molecule has 1 N–H and O–H groups in total. The lowest BCUT2D eigenvalue weighted by Crippen LogP contribution is -2.48. The van der Waals surface area contributed by atoms with Crippen LogP contribution in [0.5, 0.6) is 0 Å². The molecular formula is C21H21BrN4O. The second kappa shape index (κ2) is 7.56. The third-order valence-corrected chi connectivity index (χ3v) is 5.44. The molecule has 0 radical (unpaired) electrons. The number of amides is 1. The monoisotopic (exact) mass is 424 g/mol. The van der Waals surface area contributed by atoms with Crippen LogP contribution in [0.1, 0.15) is 16.1 Å². The zero-order chi connectivity index (χ0) is 18.8. The van der Waals surface area contributed by atoms with Gasteiger partial charge in [0, 0.05) is 41.9 Å². The fraction of sp³-hybridized carbons (Fsp3) is 0.238. The highest BCUT2D eigenvalue weighted by atomic mass is 79.9. The molecule has 1 saturated heterocycles. The number of anilines is 1. The lowest BCUT2D eigenvalue weighted by Gasteiger charge is -2.36. The first-order valence-electron chi connectivity index (χ1n) is 9.02. The van der Waals surface area contributed by atoms with Crippen molar-refractivity contribution in [2.24, 2.45) is 0 Å². The number of aromatic amines is 1. The van der Waals surface area contributed by atoms with E-state index < -0.39 is 0 Å². The molecule has 5 nitrogen and oxygen atoms in total. The Morgan fingerprint density at radius 3 is 2.33 bits per heavy atom. The van der Waals surface area contributed by atoms with Gasteiger partial charge in [0.1, 0.15) is 5.69 Å². The molecule has 1 aromatic heterocycles. The van der Waals surface area contributed by atoms with Crippen LogP contribution in [0.25, 0.3) is 11.3 Å². The molecule has 0 unspecified atom stereocenters. The largest absolute Gasteiger partial charge is 0.368 e. The Morgan fingerprint density at radius 2 is 1.67 bits per heavy atom. The summed E-state index contributed by atoms with van der Waals surface area (Å²) in [6.07, 6.45) is 0. The topological polar surface area (TPSA) is 52.2 Å². The van der Waals surface area contributed by atoms with E-state index in [1.165, 1.54) is 11.3 Å². The normalized spacial score (nSPS) is 14.4. The Labute approximate surface area is 167 Å². The van der Waals surface area contributed by atoms with Crippen LogP contribution in [-0.4, -0.2) is 47.2 Å². The van der Waals surface area contributed by atoms with Crippen molar-refractivity contribution in [3.05, 3.63) is 70.3 Å². The van der Waals surface area contributed by atoms with Crippen LogP contribution in [0.4, 0.5) is 5.69 Å². The maximum absolute atomic E-state index is 12.8. The zero-order valence-electron chi connectivity index (χ0n) is 15.2. The number of halogens is 1. The van der Waals surface area contributed by atoms with Gasteiger partial charge in [0.05, 0.1) is 5.69 Å². The maximum Gasteiger partial charge on any atom is 0.272 e. The van der Waals surface area contributed by atoms with Gasteiger partial charge in [-0.3, -0.25) is 9.89 Å². The Balaban J connectivity index is 1.41. The first-order valence-corrected chi connectivity index (χ1v) is 9.82. The van der Waals surface area contributed by atoms with E-state index in [0.717, 1.165) is 28.8 Å². The fourth-order valence-corrected chi connectivity index (χ4v) is 3.56. The van der Waals surface area contributed by atoms with Crippen LogP contribution >= 0.6 is 15.9 Å². The van der Waals surface area contributed by atoms with E-state index in [-0.39, 0.29) is 5.91 Å². The highest BCUT2D eigenvalue weighted by Gasteiger charge is 2.23. The van der Waals surface area contributed by atoms with Crippen molar-refractivity contribution in [1.29, 1.82) is 0 Å². The van der Waals surface area contributed by atoms with Crippen LogP contribution in [0.15, 0.2) is 59.1 Å². The fourth-order valence-electron chi connectivity index (χ4n) is 3.29. The van der Waals surface area contributed by atoms with Gasteiger partial charge in [-0.1, -0.05) is 45.8 Å². The summed E-state index contributed by atoms with van der Waals surface area (Å²) >= 11 is 3.43. The number of rotatable bonds is 3. The highest BCUT2D eigenvalue weighted by molar-refractivity contribution is 9.10. The van der Waals surface area contributed by atoms with E-state index in [1.807, 2.05) is 35.2 Å². The standard InChI is InChI=1S/C21H21BrN4O/c1-15-2-8-18(9-3-15)25-10-12-26(13-11-25)21(27)20-14-19(23-24-20)16-4-6-17(22)7-5-16/h2-9,14H,10-13H2,1H3,(H,23,24). The van der Waals surface area contributed by atoms with Gasteiger partial charge in [0.15, 0.2) is 0 Å². The predicted molar refractivity (Wildman–Crippen MR) is 111 cm³/mol. The van der Waals surface area contributed by atoms with Crippen molar-refractivity contribution in [1.82, 2.24) is 15.1 Å². The van der Waals surface area contributed by atoms with Crippen LogP contribution in [-0.2, 0) is 0 Å². The van der Waals surface area contributed by atoms with Crippen LogP contribution in [0, 0.1) is 6.92 Å². The number of nitrogens with zero attached hydrogens (tertiary/aromatic N) is 3. The number of carbonyl (C=O) groups excluding carboxylic acids is 1. The average molecular weight is 425 g/mol. The number of hydrogen-bond acceptors (Lipinski definition) is 3. The minimum Gasteiger partial charge on any atom is -0.368 e. The number of hydrogen-bond donors (Lipinski definition) is 1. The molecule has 3 aromatic rings. The minimum atomic E-state index is 0.00872. The van der Waals surface area contributed by atoms with E-state index in [1.54, 1.807) is 0 Å². The lowest BCUT2D eigenvalue weighted by atomic mass is 10.1. The van der Waals surface area contributed by atoms with E-state index in [2.05, 4.69) is 62.2 Å². The summed E-state index contributed by atoms with van der Waals surface area (Å²) in [5.74, 6) is 0.00872. The molecule has 27 heavy (non-hydrogen) atoms. The smallest absolute Gasteiger partial charge is 0.272 e. The molecule has 2 heterocycles. The summed E-state index contributed by atoms with van der Waals surface area (Å²) < 4.78 is 1.02. The van der Waals surface area contributed by atoms with Crippen LogP contribution < -0.4 is 4.90 Å². The lowest BCUT2D eigenvalue weighted by molar-refractivity contribution is 0.0741. The Bertz CT molecular complexity index is 926. The Hall–Kier alpha value is -2.60. The van der Waals surface area contributed by atoms with Gasteiger partial charge < -0.3 is 9.80 Å². The SMILES string of the molecule is Cc1ccc(N2CCN(C(=O)c3cc(-c4ccc(Br)cc4)n[nH]3)CC2)cc1. The molecule has 1 aliphatic rings. The number of aromatic nitrogens is 2. The summed E-state index contributed by atoms with van der Waals surface area (Å²) in [5.41, 5.74) is 4.78. The van der Waals surface area contributed by atoms with Crippen molar-refractivity contribution in [2.45, 2.75) is 6.92 Å². The van der Waals surface area contributed by atoms with E-state index in [0.29, 0.717) is 18.8 Å². The average Bonchev–Trinajstić information content (AvgIpc) is 3.19. The number of carbonyl (C=O) groups is 1. The molecule has 138 valence electrons. The van der Waals surface area contributed by atoms with Gasteiger partial charge in [-0.2, -0.15) is 5.10 Å². The number of piperazine rings is 1. The maximum atomic E-state index is 12.8. The first kappa shape index (κ1) is 17.8. The zero-order valence-corrected chi connectivity index (χ0v) is 16.7. The molecule has 2 aromatic carbocycles. The molecule has 1 aliphatic heterocycles. The molecule has 0 atom stereocenters. The van der Waals surface area contributed by atoms with E-state index in [4.69, 9.17) is 0 Å². The molecule has 0 spiro atoms. The van der Waals surface area contributed by atoms with Crippen molar-refractivity contribution in [3.63, 3.8) is 0 Å². The van der Waals surface area contributed by atoms with Crippen molar-refractivity contribution in [3.8, 4) is 11.3 Å². The summed E-state index contributed by atoms with van der Waals surface area (Å²) in [6.45, 7) is 5.18. The van der Waals surface area contributed by atoms with Gasteiger partial charge in [-0.15, -0.1) is 0 Å². The number of H-pyrrole nitrogens is 1. The number of aryl methyl sites for hydroxylation is 1. The third-order valence-electron chi connectivity index (χ3n) is 4.91. The van der Waals surface area contributed by atoms with Gasteiger partial charge in [0.2, 0.25) is 0 Å². The molecular weight excluding hydrogens is 404 g/mol. The minimum absolute atomic E-state index is 0.00872. The van der Waals surface area contributed by atoms with Crippen LogP contribution in [0.2, 0.25) is 0 Å². The van der Waals surface area contributed by atoms with E-state index in [9.17, 15) is 4.79 Å². The van der Waals surface area contributed by atoms with Gasteiger partial charge in [-0.25, -0.2) is 0 Å². The second-order valence-corrected chi connectivity index (χ2v) is 7.70. The second-order valence-electron chi connectivity index (χ2n) is 6.79.